The van der Waals surface area contributed by atoms with Gasteiger partial charge in [-0.15, -0.1) is 4.57 Å². The van der Waals surface area contributed by atoms with Crippen LogP contribution in [-0.2, 0) is 0 Å². The standard InChI is InChI=1S/C15H13BrNO/c16-12-6-4-11(5-7-12)13-10-14(13)15(18)17-8-2-1-3-9-17/h1-9,13-14H,10H2/q+1. The molecule has 3 heteroatoms. The molecule has 1 saturated carbocycles. The Morgan fingerprint density at radius 2 is 1.78 bits per heavy atom. The lowest BCUT2D eigenvalue weighted by molar-refractivity contribution is -0.575. The van der Waals surface area contributed by atoms with E-state index in [0.717, 1.165) is 10.9 Å². The molecule has 1 aromatic heterocycles. The molecule has 0 saturated heterocycles. The van der Waals surface area contributed by atoms with Crippen molar-refractivity contribution in [1.29, 1.82) is 0 Å². The maximum atomic E-state index is 12.2. The van der Waals surface area contributed by atoms with Crippen molar-refractivity contribution in [3.63, 3.8) is 0 Å². The quantitative estimate of drug-likeness (QED) is 0.781. The van der Waals surface area contributed by atoms with E-state index in [1.807, 2.05) is 42.7 Å². The lowest BCUT2D eigenvalue weighted by atomic mass is 10.1. The van der Waals surface area contributed by atoms with Crippen LogP contribution in [0.15, 0.2) is 59.3 Å². The van der Waals surface area contributed by atoms with Gasteiger partial charge in [-0.3, -0.25) is 0 Å². The number of aromatic nitrogens is 1. The van der Waals surface area contributed by atoms with Crippen molar-refractivity contribution in [2.24, 2.45) is 5.92 Å². The van der Waals surface area contributed by atoms with Crippen LogP contribution in [0.5, 0.6) is 0 Å². The van der Waals surface area contributed by atoms with Gasteiger partial charge in [0.05, 0.1) is 5.92 Å². The molecule has 1 heterocycles. The minimum atomic E-state index is 0.138. The van der Waals surface area contributed by atoms with Gasteiger partial charge in [0.2, 0.25) is 0 Å². The number of benzene rings is 1. The molecule has 0 aliphatic heterocycles. The monoisotopic (exact) mass is 302 g/mol. The minimum absolute atomic E-state index is 0.138. The van der Waals surface area contributed by atoms with Crippen molar-refractivity contribution < 1.29 is 9.36 Å². The molecule has 90 valence electrons. The third kappa shape index (κ3) is 2.23. The second-order valence-electron chi connectivity index (χ2n) is 4.62. The molecule has 0 N–H and O–H groups in total. The molecule has 2 atom stereocenters. The van der Waals surface area contributed by atoms with Crippen molar-refractivity contribution in [1.82, 2.24) is 0 Å². The molecule has 0 spiro atoms. The molecular weight excluding hydrogens is 290 g/mol. The SMILES string of the molecule is O=C(C1CC1c1ccc(Br)cc1)[n+]1ccccc1. The average molecular weight is 303 g/mol. The lowest BCUT2D eigenvalue weighted by Crippen LogP contribution is -2.42. The lowest BCUT2D eigenvalue weighted by Gasteiger charge is -1.98. The van der Waals surface area contributed by atoms with E-state index in [1.165, 1.54) is 5.56 Å². The summed E-state index contributed by atoms with van der Waals surface area (Å²) in [5, 5.41) is 0. The number of hydrogen-bond donors (Lipinski definition) is 0. The van der Waals surface area contributed by atoms with Crippen LogP contribution in [0.1, 0.15) is 22.7 Å². The first kappa shape index (κ1) is 11.6. The number of carbonyl (C=O) groups excluding carboxylic acids is 1. The van der Waals surface area contributed by atoms with Gasteiger partial charge >= 0.3 is 5.91 Å². The second kappa shape index (κ2) is 4.65. The molecule has 2 unspecified atom stereocenters. The van der Waals surface area contributed by atoms with Crippen LogP contribution < -0.4 is 4.57 Å². The summed E-state index contributed by atoms with van der Waals surface area (Å²) in [5.41, 5.74) is 1.26. The Balaban J connectivity index is 1.75. The molecule has 1 aliphatic rings. The number of carbonyl (C=O) groups is 1. The summed E-state index contributed by atoms with van der Waals surface area (Å²) in [4.78, 5) is 12.2. The summed E-state index contributed by atoms with van der Waals surface area (Å²) in [7, 11) is 0. The van der Waals surface area contributed by atoms with Crippen molar-refractivity contribution in [3.8, 4) is 0 Å². The third-order valence-electron chi connectivity index (χ3n) is 3.38. The topological polar surface area (TPSA) is 20.9 Å². The van der Waals surface area contributed by atoms with Gasteiger partial charge in [-0.05, 0) is 24.1 Å². The zero-order chi connectivity index (χ0) is 12.5. The number of rotatable bonds is 2. The summed E-state index contributed by atoms with van der Waals surface area (Å²) in [6.45, 7) is 0. The van der Waals surface area contributed by atoms with Crippen LogP contribution in [0.25, 0.3) is 0 Å². The maximum Gasteiger partial charge on any atom is 0.395 e. The summed E-state index contributed by atoms with van der Waals surface area (Å²) in [6.07, 6.45) is 4.60. The number of nitrogens with zero attached hydrogens (tertiary/aromatic N) is 1. The molecule has 2 aromatic rings. The van der Waals surface area contributed by atoms with Crippen LogP contribution in [0.4, 0.5) is 0 Å². The van der Waals surface area contributed by atoms with Gasteiger partial charge in [0.25, 0.3) is 0 Å². The van der Waals surface area contributed by atoms with Crippen LogP contribution in [-0.4, -0.2) is 5.91 Å². The van der Waals surface area contributed by atoms with Gasteiger partial charge in [0, 0.05) is 22.5 Å². The van der Waals surface area contributed by atoms with Gasteiger partial charge in [0.15, 0.2) is 12.4 Å². The molecule has 0 radical (unpaired) electrons. The van der Waals surface area contributed by atoms with E-state index in [9.17, 15) is 4.79 Å². The first-order chi connectivity index (χ1) is 8.75. The van der Waals surface area contributed by atoms with Crippen molar-refractivity contribution in [2.75, 3.05) is 0 Å². The predicted molar refractivity (Wildman–Crippen MR) is 72.3 cm³/mol. The average Bonchev–Trinajstić information content (AvgIpc) is 3.20. The highest BCUT2D eigenvalue weighted by atomic mass is 79.9. The Hall–Kier alpha value is -1.48. The maximum absolute atomic E-state index is 12.2. The first-order valence-corrected chi connectivity index (χ1v) is 6.81. The summed E-state index contributed by atoms with van der Waals surface area (Å²) in [5.74, 6) is 0.723. The highest BCUT2D eigenvalue weighted by Crippen LogP contribution is 2.47. The summed E-state index contributed by atoms with van der Waals surface area (Å²) >= 11 is 3.42. The van der Waals surface area contributed by atoms with Crippen LogP contribution in [0.3, 0.4) is 0 Å². The summed E-state index contributed by atoms with van der Waals surface area (Å²) < 4.78 is 2.76. The molecular formula is C15H13BrNO+. The van der Waals surface area contributed by atoms with E-state index in [2.05, 4.69) is 28.1 Å². The highest BCUT2D eigenvalue weighted by molar-refractivity contribution is 9.10. The van der Waals surface area contributed by atoms with Crippen LogP contribution in [0.2, 0.25) is 0 Å². The minimum Gasteiger partial charge on any atom is -0.219 e. The van der Waals surface area contributed by atoms with Crippen LogP contribution >= 0.6 is 15.9 Å². The van der Waals surface area contributed by atoms with E-state index in [0.29, 0.717) is 5.92 Å². The van der Waals surface area contributed by atoms with Gasteiger partial charge < -0.3 is 0 Å². The predicted octanol–water partition coefficient (Wildman–Crippen LogP) is 3.18. The highest BCUT2D eigenvalue weighted by Gasteiger charge is 2.48. The van der Waals surface area contributed by atoms with Gasteiger partial charge in [-0.25, -0.2) is 4.79 Å². The molecule has 1 fully saturated rings. The van der Waals surface area contributed by atoms with E-state index in [1.54, 1.807) is 4.57 Å². The molecule has 3 rings (SSSR count). The molecule has 18 heavy (non-hydrogen) atoms. The number of pyridine rings is 1. The van der Waals surface area contributed by atoms with Gasteiger partial charge in [0.1, 0.15) is 0 Å². The number of hydrogen-bond acceptors (Lipinski definition) is 1. The van der Waals surface area contributed by atoms with Crippen molar-refractivity contribution in [3.05, 3.63) is 64.9 Å². The second-order valence-corrected chi connectivity index (χ2v) is 5.54. The Morgan fingerprint density at radius 3 is 2.44 bits per heavy atom. The Bertz CT molecular complexity index is 565. The third-order valence-corrected chi connectivity index (χ3v) is 3.90. The molecule has 0 amide bonds. The van der Waals surface area contributed by atoms with Gasteiger partial charge in [-0.2, -0.15) is 0 Å². The Labute approximate surface area is 114 Å². The fourth-order valence-electron chi connectivity index (χ4n) is 2.28. The zero-order valence-corrected chi connectivity index (χ0v) is 11.4. The Kier molecular flexibility index (Phi) is 3.00. The van der Waals surface area contributed by atoms with E-state index in [-0.39, 0.29) is 11.8 Å². The smallest absolute Gasteiger partial charge is 0.219 e. The zero-order valence-electron chi connectivity index (χ0n) is 9.79. The fourth-order valence-corrected chi connectivity index (χ4v) is 2.55. The molecule has 2 nitrogen and oxygen atoms in total. The molecule has 0 bridgehead atoms. The van der Waals surface area contributed by atoms with E-state index in [4.69, 9.17) is 0 Å². The summed E-state index contributed by atoms with van der Waals surface area (Å²) in [6, 6.07) is 13.9. The largest absolute Gasteiger partial charge is 0.395 e. The van der Waals surface area contributed by atoms with Crippen LogP contribution in [0, 0.1) is 5.92 Å². The van der Waals surface area contributed by atoms with E-state index < -0.39 is 0 Å². The van der Waals surface area contributed by atoms with Gasteiger partial charge in [-0.1, -0.05) is 34.1 Å². The van der Waals surface area contributed by atoms with E-state index >= 15 is 0 Å². The fraction of sp³-hybridized carbons (Fsp3) is 0.200. The Morgan fingerprint density at radius 1 is 1.11 bits per heavy atom. The number of halogens is 1. The molecule has 1 aliphatic carbocycles. The molecule has 1 aromatic carbocycles. The normalized spacial score (nSPS) is 21.6. The van der Waals surface area contributed by atoms with Crippen molar-refractivity contribution >= 4 is 21.8 Å². The van der Waals surface area contributed by atoms with Crippen molar-refractivity contribution in [2.45, 2.75) is 12.3 Å². The first-order valence-electron chi connectivity index (χ1n) is 6.01.